The summed E-state index contributed by atoms with van der Waals surface area (Å²) in [5, 5.41) is 11.5. The third-order valence-corrected chi connectivity index (χ3v) is 5.69. The molecule has 5 nitrogen and oxygen atoms in total. The normalized spacial score (nSPS) is 13.2. The molecule has 0 spiro atoms. The zero-order chi connectivity index (χ0) is 26.9. The maximum absolute atomic E-state index is 11.9. The molecular formula is C31H50N2O3. The van der Waals surface area contributed by atoms with E-state index < -0.39 is 0 Å². The van der Waals surface area contributed by atoms with Crippen LogP contribution < -0.4 is 5.32 Å². The smallest absolute Gasteiger partial charge is 0.220 e. The van der Waals surface area contributed by atoms with E-state index in [4.69, 9.17) is 10.00 Å². The molecule has 1 amide bonds. The highest BCUT2D eigenvalue weighted by atomic mass is 16.5. The van der Waals surface area contributed by atoms with Gasteiger partial charge in [-0.25, -0.2) is 0 Å². The number of nitriles is 1. The number of amides is 1. The molecule has 0 saturated heterocycles. The molecule has 0 aliphatic heterocycles. The number of unbranched alkanes of at least 4 members (excludes halogenated alkanes) is 3. The Morgan fingerprint density at radius 1 is 0.917 bits per heavy atom. The fourth-order valence-corrected chi connectivity index (χ4v) is 3.49. The van der Waals surface area contributed by atoms with Gasteiger partial charge in [0.05, 0.1) is 19.3 Å². The van der Waals surface area contributed by atoms with E-state index in [9.17, 15) is 9.59 Å². The Hall–Kier alpha value is -2.45. The maximum atomic E-state index is 11.9. The number of carbonyl (C=O) groups is 2. The summed E-state index contributed by atoms with van der Waals surface area (Å²) < 4.78 is 5.39. The monoisotopic (exact) mass is 498 g/mol. The molecule has 0 fully saturated rings. The largest absolute Gasteiger partial charge is 0.379 e. The minimum absolute atomic E-state index is 0.0429. The van der Waals surface area contributed by atoms with Gasteiger partial charge in [0.15, 0.2) is 0 Å². The van der Waals surface area contributed by atoms with E-state index >= 15 is 0 Å². The highest BCUT2D eigenvalue weighted by Crippen LogP contribution is 2.28. The van der Waals surface area contributed by atoms with Crippen LogP contribution in [0.3, 0.4) is 0 Å². The average Bonchev–Trinajstić information content (AvgIpc) is 2.82. The number of hydrogen-bond acceptors (Lipinski definition) is 4. The van der Waals surface area contributed by atoms with Crippen LogP contribution >= 0.6 is 0 Å². The van der Waals surface area contributed by atoms with E-state index in [1.807, 2.05) is 6.92 Å². The van der Waals surface area contributed by atoms with Gasteiger partial charge in [-0.05, 0) is 70.6 Å². The minimum Gasteiger partial charge on any atom is -0.379 e. The van der Waals surface area contributed by atoms with Crippen molar-refractivity contribution in [3.05, 3.63) is 48.6 Å². The predicted octanol–water partition coefficient (Wildman–Crippen LogP) is 7.55. The molecule has 1 N–H and O–H groups in total. The number of nitrogens with one attached hydrogen (secondary N) is 1. The first-order valence-electron chi connectivity index (χ1n) is 13.6. The van der Waals surface area contributed by atoms with Crippen molar-refractivity contribution in [1.29, 1.82) is 5.26 Å². The summed E-state index contributed by atoms with van der Waals surface area (Å²) in [6, 6.07) is 2.17. The molecule has 0 aliphatic carbocycles. The molecule has 0 aromatic carbocycles. The van der Waals surface area contributed by atoms with Gasteiger partial charge in [0.1, 0.15) is 5.78 Å². The number of Topliss-reactive ketones (excluding diaryl/α,β-unsaturated/α-hetero) is 1. The van der Waals surface area contributed by atoms with Crippen LogP contribution in [0, 0.1) is 16.7 Å². The van der Waals surface area contributed by atoms with E-state index in [2.05, 4.69) is 73.8 Å². The number of ketones is 1. The molecule has 1 atom stereocenters. The lowest BCUT2D eigenvalue weighted by molar-refractivity contribution is -0.122. The first-order chi connectivity index (χ1) is 17.3. The number of hydrogen-bond donors (Lipinski definition) is 1. The second-order valence-corrected chi connectivity index (χ2v) is 10.2. The maximum Gasteiger partial charge on any atom is 0.220 e. The van der Waals surface area contributed by atoms with Crippen LogP contribution in [0.25, 0.3) is 0 Å². The molecule has 0 aromatic rings. The highest BCUT2D eigenvalue weighted by molar-refractivity contribution is 5.76. The Kier molecular flexibility index (Phi) is 21.4. The topological polar surface area (TPSA) is 79.2 Å². The van der Waals surface area contributed by atoms with Crippen molar-refractivity contribution >= 4 is 11.7 Å². The summed E-state index contributed by atoms with van der Waals surface area (Å²) >= 11 is 0. The number of allylic oxidation sites excluding steroid dienone is 8. The zero-order valence-corrected chi connectivity index (χ0v) is 23.3. The van der Waals surface area contributed by atoms with Crippen LogP contribution in [0.15, 0.2) is 48.6 Å². The Labute approximate surface area is 220 Å². The van der Waals surface area contributed by atoms with Gasteiger partial charge < -0.3 is 10.1 Å². The number of rotatable bonds is 22. The summed E-state index contributed by atoms with van der Waals surface area (Å²) in [7, 11) is 0. The summed E-state index contributed by atoms with van der Waals surface area (Å²) in [4.78, 5) is 22.8. The van der Waals surface area contributed by atoms with Crippen LogP contribution in [0.2, 0.25) is 0 Å². The Morgan fingerprint density at radius 2 is 1.53 bits per heavy atom. The fraction of sp³-hybridized carbons (Fsp3) is 0.645. The molecule has 0 bridgehead atoms. The van der Waals surface area contributed by atoms with Crippen molar-refractivity contribution in [2.75, 3.05) is 13.2 Å². The van der Waals surface area contributed by atoms with Crippen molar-refractivity contribution in [2.45, 2.75) is 111 Å². The molecule has 202 valence electrons. The summed E-state index contributed by atoms with van der Waals surface area (Å²) in [6.45, 7) is 8.90. The third-order valence-electron chi connectivity index (χ3n) is 5.69. The molecule has 36 heavy (non-hydrogen) atoms. The molecule has 0 aromatic heterocycles. The van der Waals surface area contributed by atoms with Gasteiger partial charge in [-0.1, -0.05) is 68.9 Å². The lowest BCUT2D eigenvalue weighted by Gasteiger charge is -2.22. The highest BCUT2D eigenvalue weighted by Gasteiger charge is 2.14. The lowest BCUT2D eigenvalue weighted by Crippen LogP contribution is -2.35. The van der Waals surface area contributed by atoms with Crippen LogP contribution in [0.1, 0.15) is 105 Å². The summed E-state index contributed by atoms with van der Waals surface area (Å²) in [5.74, 6) is 0.158. The molecule has 0 radical (unpaired) electrons. The fourth-order valence-electron chi connectivity index (χ4n) is 3.49. The van der Waals surface area contributed by atoms with Crippen LogP contribution in [0.4, 0.5) is 0 Å². The number of ether oxygens (including phenoxy) is 1. The second-order valence-electron chi connectivity index (χ2n) is 10.2. The molecule has 0 rings (SSSR count). The van der Waals surface area contributed by atoms with Crippen LogP contribution in [0.5, 0.6) is 0 Å². The van der Waals surface area contributed by atoms with Crippen LogP contribution in [-0.2, 0) is 14.3 Å². The Bertz CT molecular complexity index is 741. The van der Waals surface area contributed by atoms with E-state index in [-0.39, 0.29) is 17.7 Å². The van der Waals surface area contributed by atoms with E-state index in [1.54, 1.807) is 6.92 Å². The van der Waals surface area contributed by atoms with Crippen LogP contribution in [-0.4, -0.2) is 30.9 Å². The first-order valence-corrected chi connectivity index (χ1v) is 13.6. The van der Waals surface area contributed by atoms with Gasteiger partial charge in [0, 0.05) is 25.3 Å². The van der Waals surface area contributed by atoms with Crippen molar-refractivity contribution in [2.24, 2.45) is 5.41 Å². The van der Waals surface area contributed by atoms with Gasteiger partial charge in [0.2, 0.25) is 5.91 Å². The molecule has 0 unspecified atom stereocenters. The third kappa shape index (κ3) is 24.7. The van der Waals surface area contributed by atoms with Gasteiger partial charge in [0.25, 0.3) is 0 Å². The molecular weight excluding hydrogens is 448 g/mol. The SMILES string of the molecule is CC(=O)CCOC[C@H](C)NC(=O)CCC/C=C\C/C=C\C/C=C\C/C=C\CC(C)(C)CCCCC#N. The Morgan fingerprint density at radius 3 is 2.14 bits per heavy atom. The predicted molar refractivity (Wildman–Crippen MR) is 150 cm³/mol. The van der Waals surface area contributed by atoms with Crippen molar-refractivity contribution in [3.63, 3.8) is 0 Å². The van der Waals surface area contributed by atoms with E-state index in [1.165, 1.54) is 6.42 Å². The second kappa shape index (κ2) is 23.0. The van der Waals surface area contributed by atoms with Gasteiger partial charge >= 0.3 is 0 Å². The summed E-state index contributed by atoms with van der Waals surface area (Å²) in [6.07, 6.45) is 28.1. The first kappa shape index (κ1) is 33.5. The van der Waals surface area contributed by atoms with Gasteiger partial charge in [-0.15, -0.1) is 0 Å². The Balaban J connectivity index is 3.72. The average molecular weight is 499 g/mol. The molecule has 0 heterocycles. The molecule has 0 saturated carbocycles. The van der Waals surface area contributed by atoms with Crippen molar-refractivity contribution < 1.29 is 14.3 Å². The number of nitrogens with zero attached hydrogens (tertiary/aromatic N) is 1. The lowest BCUT2D eigenvalue weighted by atomic mass is 9.83. The zero-order valence-electron chi connectivity index (χ0n) is 23.3. The molecule has 0 aliphatic rings. The van der Waals surface area contributed by atoms with Crippen molar-refractivity contribution in [1.82, 2.24) is 5.32 Å². The minimum atomic E-state index is -0.0429. The van der Waals surface area contributed by atoms with Gasteiger partial charge in [-0.2, -0.15) is 5.26 Å². The van der Waals surface area contributed by atoms with E-state index in [0.29, 0.717) is 37.9 Å². The number of carbonyl (C=O) groups excluding carboxylic acids is 2. The molecule has 5 heteroatoms. The van der Waals surface area contributed by atoms with Crippen molar-refractivity contribution in [3.8, 4) is 6.07 Å². The standard InChI is InChI=1S/C31H50N2O3/c1-28(27-36-26-22-29(2)34)33-30(35)21-17-14-12-10-8-6-5-7-9-11-13-15-18-23-31(3,4)24-19-16-20-25-32/h5-6,9-12,15,18,28H,7-8,13-14,16-17,19-24,26-27H2,1-4H3,(H,33,35)/b6-5-,11-9-,12-10-,18-15-/t28-/m0/s1. The van der Waals surface area contributed by atoms with E-state index in [0.717, 1.165) is 51.4 Å². The van der Waals surface area contributed by atoms with Gasteiger partial charge in [-0.3, -0.25) is 9.59 Å². The quantitative estimate of drug-likeness (QED) is 0.123. The summed E-state index contributed by atoms with van der Waals surface area (Å²) in [5.41, 5.74) is 0.310.